The molecule has 0 bridgehead atoms. The predicted octanol–water partition coefficient (Wildman–Crippen LogP) is 4.42. The summed E-state index contributed by atoms with van der Waals surface area (Å²) in [6, 6.07) is 9.79. The highest BCUT2D eigenvalue weighted by Gasteiger charge is 2.19. The minimum atomic E-state index is 0.468. The fourth-order valence-electron chi connectivity index (χ4n) is 2.91. The van der Waals surface area contributed by atoms with E-state index in [-0.39, 0.29) is 0 Å². The topological polar surface area (TPSA) is 21.3 Å². The van der Waals surface area contributed by atoms with E-state index < -0.39 is 0 Å². The zero-order valence-corrected chi connectivity index (χ0v) is 13.0. The molecule has 0 aromatic heterocycles. The average molecular weight is 275 g/mol. The van der Waals surface area contributed by atoms with Crippen LogP contribution in [-0.2, 0) is 4.74 Å². The average Bonchev–Trinajstić information content (AvgIpc) is 2.41. The lowest BCUT2D eigenvalue weighted by Crippen LogP contribution is -2.21. The first-order chi connectivity index (χ1) is 9.85. The lowest BCUT2D eigenvalue weighted by Gasteiger charge is -2.26. The first kappa shape index (κ1) is 15.5. The third kappa shape index (κ3) is 4.32. The van der Waals surface area contributed by atoms with E-state index in [9.17, 15) is 0 Å². The van der Waals surface area contributed by atoms with Crippen LogP contribution in [0.4, 0.5) is 0 Å². The Morgan fingerprint density at radius 2 is 1.95 bits per heavy atom. The first-order valence-electron chi connectivity index (χ1n) is 8.26. The Labute approximate surface area is 123 Å². The molecule has 0 spiro atoms. The Kier molecular flexibility index (Phi) is 6.55. The molecule has 1 N–H and O–H groups in total. The third-order valence-corrected chi connectivity index (χ3v) is 4.35. The van der Waals surface area contributed by atoms with E-state index in [1.807, 2.05) is 0 Å². The van der Waals surface area contributed by atoms with E-state index in [2.05, 4.69) is 43.4 Å². The summed E-state index contributed by atoms with van der Waals surface area (Å²) in [5.74, 6) is 0.833. The highest BCUT2D eigenvalue weighted by Crippen LogP contribution is 2.36. The van der Waals surface area contributed by atoms with Crippen LogP contribution in [0.5, 0.6) is 0 Å². The molecule has 1 saturated carbocycles. The van der Waals surface area contributed by atoms with E-state index in [0.29, 0.717) is 6.04 Å². The SMILES string of the molecule is CCNC(CCCOCC)c1ccc(C2CCC2)cc1. The molecule has 2 nitrogen and oxygen atoms in total. The number of hydrogen-bond donors (Lipinski definition) is 1. The Morgan fingerprint density at radius 3 is 2.50 bits per heavy atom. The monoisotopic (exact) mass is 275 g/mol. The van der Waals surface area contributed by atoms with Crippen molar-refractivity contribution in [2.24, 2.45) is 0 Å². The van der Waals surface area contributed by atoms with Gasteiger partial charge in [0.2, 0.25) is 0 Å². The maximum Gasteiger partial charge on any atom is 0.0466 e. The summed E-state index contributed by atoms with van der Waals surface area (Å²) < 4.78 is 5.44. The van der Waals surface area contributed by atoms with Crippen LogP contribution < -0.4 is 5.32 Å². The van der Waals surface area contributed by atoms with E-state index in [0.717, 1.165) is 38.5 Å². The summed E-state index contributed by atoms with van der Waals surface area (Å²) in [4.78, 5) is 0. The zero-order chi connectivity index (χ0) is 14.2. The van der Waals surface area contributed by atoms with Crippen molar-refractivity contribution in [2.75, 3.05) is 19.8 Å². The van der Waals surface area contributed by atoms with Crippen molar-refractivity contribution < 1.29 is 4.74 Å². The van der Waals surface area contributed by atoms with Gasteiger partial charge >= 0.3 is 0 Å². The van der Waals surface area contributed by atoms with E-state index in [4.69, 9.17) is 4.74 Å². The van der Waals surface area contributed by atoms with Gasteiger partial charge in [-0.25, -0.2) is 0 Å². The summed E-state index contributed by atoms with van der Waals surface area (Å²) in [7, 11) is 0. The van der Waals surface area contributed by atoms with E-state index >= 15 is 0 Å². The summed E-state index contributed by atoms with van der Waals surface area (Å²) in [6.45, 7) is 6.95. The molecular formula is C18H29NO. The Bertz CT molecular complexity index is 370. The standard InChI is InChI=1S/C18H29NO/c1-3-19-18(9-6-14-20-4-2)17-12-10-16(11-13-17)15-7-5-8-15/h10-13,15,18-19H,3-9,14H2,1-2H3. The zero-order valence-electron chi connectivity index (χ0n) is 13.0. The molecule has 0 heterocycles. The largest absolute Gasteiger partial charge is 0.382 e. The summed E-state index contributed by atoms with van der Waals surface area (Å²) in [5, 5.41) is 3.60. The van der Waals surface area contributed by atoms with Crippen LogP contribution in [-0.4, -0.2) is 19.8 Å². The van der Waals surface area contributed by atoms with Crippen LogP contribution in [0.2, 0.25) is 0 Å². The molecule has 1 aromatic carbocycles. The lowest BCUT2D eigenvalue weighted by molar-refractivity contribution is 0.141. The van der Waals surface area contributed by atoms with Crippen molar-refractivity contribution in [3.05, 3.63) is 35.4 Å². The molecular weight excluding hydrogens is 246 g/mol. The lowest BCUT2D eigenvalue weighted by atomic mass is 9.80. The van der Waals surface area contributed by atoms with Crippen LogP contribution in [0.25, 0.3) is 0 Å². The van der Waals surface area contributed by atoms with Gasteiger partial charge in [-0.15, -0.1) is 0 Å². The minimum absolute atomic E-state index is 0.468. The van der Waals surface area contributed by atoms with Crippen LogP contribution in [0.15, 0.2) is 24.3 Å². The van der Waals surface area contributed by atoms with Gasteiger partial charge in [0.1, 0.15) is 0 Å². The fraction of sp³-hybridized carbons (Fsp3) is 0.667. The first-order valence-corrected chi connectivity index (χ1v) is 8.26. The van der Waals surface area contributed by atoms with Gasteiger partial charge in [0, 0.05) is 19.3 Å². The van der Waals surface area contributed by atoms with Gasteiger partial charge < -0.3 is 10.1 Å². The molecule has 112 valence electrons. The number of rotatable bonds is 9. The third-order valence-electron chi connectivity index (χ3n) is 4.35. The quantitative estimate of drug-likeness (QED) is 0.674. The molecule has 0 amide bonds. The molecule has 1 fully saturated rings. The summed E-state index contributed by atoms with van der Waals surface area (Å²) in [5.41, 5.74) is 2.95. The van der Waals surface area contributed by atoms with Gasteiger partial charge in [-0.1, -0.05) is 37.6 Å². The number of nitrogens with one attached hydrogen (secondary N) is 1. The van der Waals surface area contributed by atoms with Crippen molar-refractivity contribution in [3.8, 4) is 0 Å². The van der Waals surface area contributed by atoms with Crippen molar-refractivity contribution in [3.63, 3.8) is 0 Å². The molecule has 2 heteroatoms. The minimum Gasteiger partial charge on any atom is -0.382 e. The molecule has 1 unspecified atom stereocenters. The van der Waals surface area contributed by atoms with Gasteiger partial charge in [-0.05, 0) is 56.2 Å². The maximum absolute atomic E-state index is 5.44. The molecule has 0 radical (unpaired) electrons. The molecule has 1 atom stereocenters. The second kappa shape index (κ2) is 8.43. The van der Waals surface area contributed by atoms with Gasteiger partial charge in [-0.3, -0.25) is 0 Å². The molecule has 1 aliphatic rings. The van der Waals surface area contributed by atoms with E-state index in [1.54, 1.807) is 0 Å². The highest BCUT2D eigenvalue weighted by molar-refractivity contribution is 5.28. The van der Waals surface area contributed by atoms with Gasteiger partial charge in [0.05, 0.1) is 0 Å². The van der Waals surface area contributed by atoms with Crippen molar-refractivity contribution >= 4 is 0 Å². The van der Waals surface area contributed by atoms with Crippen LogP contribution in [0.1, 0.15) is 69.0 Å². The predicted molar refractivity (Wildman–Crippen MR) is 85.2 cm³/mol. The van der Waals surface area contributed by atoms with Gasteiger partial charge in [-0.2, -0.15) is 0 Å². The molecule has 1 aliphatic carbocycles. The van der Waals surface area contributed by atoms with Crippen molar-refractivity contribution in [2.45, 2.75) is 57.9 Å². The van der Waals surface area contributed by atoms with Crippen molar-refractivity contribution in [1.29, 1.82) is 0 Å². The van der Waals surface area contributed by atoms with Gasteiger partial charge in [0.25, 0.3) is 0 Å². The fourth-order valence-corrected chi connectivity index (χ4v) is 2.91. The Hall–Kier alpha value is -0.860. The maximum atomic E-state index is 5.44. The number of ether oxygens (including phenoxy) is 1. The molecule has 0 saturated heterocycles. The molecule has 1 aromatic rings. The second-order valence-corrected chi connectivity index (χ2v) is 5.74. The number of benzene rings is 1. The highest BCUT2D eigenvalue weighted by atomic mass is 16.5. The Morgan fingerprint density at radius 1 is 1.20 bits per heavy atom. The number of hydrogen-bond acceptors (Lipinski definition) is 2. The molecule has 2 rings (SSSR count). The van der Waals surface area contributed by atoms with Crippen LogP contribution in [0, 0.1) is 0 Å². The van der Waals surface area contributed by atoms with Crippen LogP contribution >= 0.6 is 0 Å². The second-order valence-electron chi connectivity index (χ2n) is 5.74. The van der Waals surface area contributed by atoms with Crippen molar-refractivity contribution in [1.82, 2.24) is 5.32 Å². The van der Waals surface area contributed by atoms with Crippen LogP contribution in [0.3, 0.4) is 0 Å². The summed E-state index contributed by atoms with van der Waals surface area (Å²) in [6.07, 6.45) is 6.44. The Balaban J connectivity index is 1.89. The molecule has 20 heavy (non-hydrogen) atoms. The smallest absolute Gasteiger partial charge is 0.0466 e. The van der Waals surface area contributed by atoms with Gasteiger partial charge in [0.15, 0.2) is 0 Å². The molecule has 0 aliphatic heterocycles. The normalized spacial score (nSPS) is 16.9. The van der Waals surface area contributed by atoms with E-state index in [1.165, 1.54) is 30.4 Å². The summed E-state index contributed by atoms with van der Waals surface area (Å²) >= 11 is 0.